The molecule has 0 unspecified atom stereocenters. The van der Waals surface area contributed by atoms with Crippen molar-refractivity contribution in [2.45, 2.75) is 16.9 Å². The van der Waals surface area contributed by atoms with Crippen LogP contribution in [-0.4, -0.2) is 5.78 Å². The molecule has 0 bridgehead atoms. The van der Waals surface area contributed by atoms with Gasteiger partial charge in [0.2, 0.25) is 0 Å². The van der Waals surface area contributed by atoms with Crippen molar-refractivity contribution < 1.29 is 9.21 Å². The normalized spacial score (nSPS) is 10.5. The molecule has 1 aromatic carbocycles. The predicted molar refractivity (Wildman–Crippen MR) is 69.3 cm³/mol. The third-order valence-corrected chi connectivity index (χ3v) is 3.69. The Labute approximate surface area is 113 Å². The number of rotatable bonds is 3. The highest BCUT2D eigenvalue weighted by atomic mass is 35.5. The van der Waals surface area contributed by atoms with Gasteiger partial charge in [-0.3, -0.25) is 4.79 Å². The van der Waals surface area contributed by atoms with Gasteiger partial charge in [0.25, 0.3) is 0 Å². The van der Waals surface area contributed by atoms with Crippen LogP contribution in [0.25, 0.3) is 0 Å². The number of Topliss-reactive ketones (excluding diaryl/α,β-unsaturated/α-hetero) is 1. The van der Waals surface area contributed by atoms with Gasteiger partial charge < -0.3 is 4.42 Å². The Morgan fingerprint density at radius 2 is 2.00 bits per heavy atom. The van der Waals surface area contributed by atoms with Gasteiger partial charge >= 0.3 is 0 Å². The quantitative estimate of drug-likeness (QED) is 0.749. The van der Waals surface area contributed by atoms with Gasteiger partial charge in [-0.25, -0.2) is 0 Å². The highest BCUT2D eigenvalue weighted by Crippen LogP contribution is 2.35. The van der Waals surface area contributed by atoms with Crippen LogP contribution in [0.2, 0.25) is 10.0 Å². The van der Waals surface area contributed by atoms with Crippen LogP contribution in [0.4, 0.5) is 0 Å². The summed E-state index contributed by atoms with van der Waals surface area (Å²) in [6.45, 7) is 1.46. The van der Waals surface area contributed by atoms with Crippen molar-refractivity contribution in [2.75, 3.05) is 0 Å². The number of hydrogen-bond acceptors (Lipinski definition) is 3. The molecule has 1 heterocycles. The molecule has 0 fully saturated rings. The number of furan rings is 1. The Morgan fingerprint density at radius 1 is 1.24 bits per heavy atom. The smallest absolute Gasteiger partial charge is 0.194 e. The van der Waals surface area contributed by atoms with Gasteiger partial charge in [0.05, 0.1) is 5.02 Å². The van der Waals surface area contributed by atoms with E-state index < -0.39 is 0 Å². The van der Waals surface area contributed by atoms with Crippen molar-refractivity contribution in [3.8, 4) is 0 Å². The van der Waals surface area contributed by atoms with Gasteiger partial charge in [0.1, 0.15) is 0 Å². The lowest BCUT2D eigenvalue weighted by molar-refractivity contribution is 0.0982. The van der Waals surface area contributed by atoms with Crippen LogP contribution in [0.3, 0.4) is 0 Å². The standard InChI is InChI=1S/C12H8Cl2O2S/c1-7(15)10-4-5-12(16-10)17-11-6-8(13)2-3-9(11)14/h2-6H,1H3. The molecule has 0 spiro atoms. The van der Waals surface area contributed by atoms with E-state index >= 15 is 0 Å². The minimum Gasteiger partial charge on any atom is -0.446 e. The molecule has 1 aromatic heterocycles. The molecule has 0 saturated carbocycles. The fourth-order valence-corrected chi connectivity index (χ4v) is 2.53. The minimum absolute atomic E-state index is 0.103. The maximum absolute atomic E-state index is 11.1. The van der Waals surface area contributed by atoms with Gasteiger partial charge in [0.15, 0.2) is 16.6 Å². The zero-order valence-corrected chi connectivity index (χ0v) is 11.2. The zero-order chi connectivity index (χ0) is 12.4. The fourth-order valence-electron chi connectivity index (χ4n) is 1.23. The molecule has 0 aliphatic carbocycles. The maximum Gasteiger partial charge on any atom is 0.194 e. The summed E-state index contributed by atoms with van der Waals surface area (Å²) in [5, 5.41) is 1.81. The lowest BCUT2D eigenvalue weighted by Crippen LogP contribution is -1.85. The molecule has 2 nitrogen and oxygen atoms in total. The first kappa shape index (κ1) is 12.6. The highest BCUT2D eigenvalue weighted by Gasteiger charge is 2.09. The molecule has 0 aliphatic heterocycles. The lowest BCUT2D eigenvalue weighted by atomic mass is 10.3. The van der Waals surface area contributed by atoms with Crippen molar-refractivity contribution in [2.24, 2.45) is 0 Å². The minimum atomic E-state index is -0.103. The van der Waals surface area contributed by atoms with Crippen molar-refractivity contribution >= 4 is 40.7 Å². The van der Waals surface area contributed by atoms with Gasteiger partial charge in [-0.2, -0.15) is 0 Å². The van der Waals surface area contributed by atoms with E-state index in [-0.39, 0.29) is 5.78 Å². The lowest BCUT2D eigenvalue weighted by Gasteiger charge is -2.01. The average molecular weight is 287 g/mol. The van der Waals surface area contributed by atoms with Crippen LogP contribution < -0.4 is 0 Å². The average Bonchev–Trinajstić information content (AvgIpc) is 2.72. The van der Waals surface area contributed by atoms with Crippen molar-refractivity contribution in [3.63, 3.8) is 0 Å². The Morgan fingerprint density at radius 3 is 2.65 bits per heavy atom. The number of carbonyl (C=O) groups excluding carboxylic acids is 1. The first-order valence-electron chi connectivity index (χ1n) is 4.80. The third kappa shape index (κ3) is 3.06. The molecule has 2 rings (SSSR count). The second-order valence-electron chi connectivity index (χ2n) is 3.35. The molecule has 17 heavy (non-hydrogen) atoms. The first-order valence-corrected chi connectivity index (χ1v) is 6.37. The number of hydrogen-bond donors (Lipinski definition) is 0. The summed E-state index contributed by atoms with van der Waals surface area (Å²) >= 11 is 13.2. The van der Waals surface area contributed by atoms with Crippen LogP contribution in [0, 0.1) is 0 Å². The molecule has 0 atom stereocenters. The predicted octanol–water partition coefficient (Wildman–Crippen LogP) is 4.94. The van der Waals surface area contributed by atoms with E-state index in [0.717, 1.165) is 4.90 Å². The molecular formula is C12H8Cl2O2S. The van der Waals surface area contributed by atoms with Crippen molar-refractivity contribution in [1.82, 2.24) is 0 Å². The van der Waals surface area contributed by atoms with Crippen LogP contribution in [-0.2, 0) is 0 Å². The summed E-state index contributed by atoms with van der Waals surface area (Å²) in [5.41, 5.74) is 0. The van der Waals surface area contributed by atoms with Crippen LogP contribution in [0.1, 0.15) is 17.5 Å². The molecular weight excluding hydrogens is 279 g/mol. The molecule has 0 aliphatic rings. The summed E-state index contributed by atoms with van der Waals surface area (Å²) in [6, 6.07) is 8.57. The number of benzene rings is 1. The van der Waals surface area contributed by atoms with E-state index in [2.05, 4.69) is 0 Å². The second-order valence-corrected chi connectivity index (χ2v) is 5.24. The Hall–Kier alpha value is -0.900. The third-order valence-electron chi connectivity index (χ3n) is 2.03. The molecule has 0 amide bonds. The molecule has 0 N–H and O–H groups in total. The maximum atomic E-state index is 11.1. The van der Waals surface area contributed by atoms with Crippen LogP contribution in [0.5, 0.6) is 0 Å². The van der Waals surface area contributed by atoms with Crippen molar-refractivity contribution in [1.29, 1.82) is 0 Å². The molecule has 0 radical (unpaired) electrons. The summed E-state index contributed by atoms with van der Waals surface area (Å²) < 4.78 is 5.36. The monoisotopic (exact) mass is 286 g/mol. The SMILES string of the molecule is CC(=O)c1ccc(Sc2cc(Cl)ccc2Cl)o1. The van der Waals surface area contributed by atoms with Gasteiger partial charge in [-0.1, -0.05) is 35.0 Å². The first-order chi connectivity index (χ1) is 8.06. The number of carbonyl (C=O) groups is 1. The molecule has 5 heteroatoms. The molecule has 0 saturated heterocycles. The van der Waals surface area contributed by atoms with Gasteiger partial charge in [0, 0.05) is 16.8 Å². The van der Waals surface area contributed by atoms with E-state index in [0.29, 0.717) is 20.9 Å². The molecule has 88 valence electrons. The van der Waals surface area contributed by atoms with Gasteiger partial charge in [-0.15, -0.1) is 0 Å². The number of ketones is 1. The van der Waals surface area contributed by atoms with E-state index in [1.54, 1.807) is 30.3 Å². The summed E-state index contributed by atoms with van der Waals surface area (Å²) in [7, 11) is 0. The summed E-state index contributed by atoms with van der Waals surface area (Å²) in [5.74, 6) is 0.236. The fraction of sp³-hybridized carbons (Fsp3) is 0.0833. The summed E-state index contributed by atoms with van der Waals surface area (Å²) in [4.78, 5) is 11.9. The largest absolute Gasteiger partial charge is 0.446 e. The zero-order valence-electron chi connectivity index (χ0n) is 8.87. The second kappa shape index (κ2) is 5.17. The highest BCUT2D eigenvalue weighted by molar-refractivity contribution is 7.99. The Kier molecular flexibility index (Phi) is 3.82. The van der Waals surface area contributed by atoms with Crippen LogP contribution in [0.15, 0.2) is 44.7 Å². The van der Waals surface area contributed by atoms with Gasteiger partial charge in [-0.05, 0) is 30.3 Å². The number of halogens is 2. The van der Waals surface area contributed by atoms with Crippen molar-refractivity contribution in [3.05, 3.63) is 46.1 Å². The van der Waals surface area contributed by atoms with E-state index in [4.69, 9.17) is 27.6 Å². The Balaban J connectivity index is 2.25. The topological polar surface area (TPSA) is 30.2 Å². The van der Waals surface area contributed by atoms with E-state index in [1.165, 1.54) is 18.7 Å². The summed E-state index contributed by atoms with van der Waals surface area (Å²) in [6.07, 6.45) is 0. The Bertz CT molecular complexity index is 563. The van der Waals surface area contributed by atoms with E-state index in [1.807, 2.05) is 0 Å². The molecule has 2 aromatic rings. The van der Waals surface area contributed by atoms with E-state index in [9.17, 15) is 4.79 Å². The van der Waals surface area contributed by atoms with Crippen LogP contribution >= 0.6 is 35.0 Å².